The summed E-state index contributed by atoms with van der Waals surface area (Å²) in [6.45, 7) is 8.88. The van der Waals surface area contributed by atoms with E-state index in [4.69, 9.17) is 9.15 Å². The number of nitrogens with one attached hydrogen (secondary N) is 1. The maximum Gasteiger partial charge on any atom is 0.344 e. The molecule has 0 aliphatic heterocycles. The third-order valence-electron chi connectivity index (χ3n) is 4.56. The summed E-state index contributed by atoms with van der Waals surface area (Å²) in [6, 6.07) is 9.58. The minimum absolute atomic E-state index is 0.0263. The maximum absolute atomic E-state index is 12.6. The number of esters is 1. The van der Waals surface area contributed by atoms with Crippen LogP contribution in [0.15, 0.2) is 52.6 Å². The average molecular weight is 469 g/mol. The summed E-state index contributed by atoms with van der Waals surface area (Å²) >= 11 is 1.18. The average Bonchev–Trinajstić information content (AvgIpc) is 3.33. The number of nitrogens with zero attached hydrogens (tertiary/aromatic N) is 3. The predicted molar refractivity (Wildman–Crippen MR) is 124 cm³/mol. The number of furan rings is 1. The largest absolute Gasteiger partial charge is 0.462 e. The smallest absolute Gasteiger partial charge is 0.344 e. The molecule has 0 aliphatic rings. The van der Waals surface area contributed by atoms with Crippen LogP contribution in [0.2, 0.25) is 0 Å². The molecule has 172 valence electrons. The van der Waals surface area contributed by atoms with E-state index in [9.17, 15) is 14.4 Å². The first kappa shape index (κ1) is 24.0. The van der Waals surface area contributed by atoms with Gasteiger partial charge in [-0.3, -0.25) is 19.5 Å². The van der Waals surface area contributed by atoms with Crippen LogP contribution in [-0.2, 0) is 16.1 Å². The van der Waals surface area contributed by atoms with Gasteiger partial charge >= 0.3 is 5.97 Å². The molecule has 2 aromatic heterocycles. The number of aryl methyl sites for hydroxylation is 1. The maximum atomic E-state index is 12.6. The van der Waals surface area contributed by atoms with Crippen LogP contribution in [0, 0.1) is 6.92 Å². The van der Waals surface area contributed by atoms with Crippen molar-refractivity contribution in [1.29, 1.82) is 0 Å². The molecule has 1 N–H and O–H groups in total. The molecule has 0 radical (unpaired) electrons. The van der Waals surface area contributed by atoms with Crippen molar-refractivity contribution < 1.29 is 23.5 Å². The Kier molecular flexibility index (Phi) is 7.83. The summed E-state index contributed by atoms with van der Waals surface area (Å²) in [7, 11) is 0. The van der Waals surface area contributed by atoms with Gasteiger partial charge in [-0.15, -0.1) is 16.8 Å². The zero-order chi connectivity index (χ0) is 24.0. The Labute approximate surface area is 195 Å². The molecule has 0 unspecified atom stereocenters. The van der Waals surface area contributed by atoms with Gasteiger partial charge in [-0.25, -0.2) is 4.79 Å². The van der Waals surface area contributed by atoms with Gasteiger partial charge in [0.05, 0.1) is 17.9 Å². The Hall–Kier alpha value is -3.66. The molecular weight excluding hydrogens is 444 g/mol. The summed E-state index contributed by atoms with van der Waals surface area (Å²) in [4.78, 5) is 37.1. The number of carbonyl (C=O) groups excluding carboxylic acids is 3. The molecule has 0 saturated heterocycles. The summed E-state index contributed by atoms with van der Waals surface area (Å²) in [5.74, 6) is -0.784. The van der Waals surface area contributed by atoms with Crippen molar-refractivity contribution in [2.45, 2.75) is 32.5 Å². The fraction of sp³-hybridized carbons (Fsp3) is 0.261. The topological polar surface area (TPSA) is 116 Å². The predicted octanol–water partition coefficient (Wildman–Crippen LogP) is 4.14. The van der Waals surface area contributed by atoms with E-state index in [1.807, 2.05) is 34.9 Å². The minimum Gasteiger partial charge on any atom is -0.462 e. The number of benzene rings is 1. The van der Waals surface area contributed by atoms with Gasteiger partial charge in [-0.1, -0.05) is 48.2 Å². The van der Waals surface area contributed by atoms with Crippen LogP contribution >= 0.6 is 11.8 Å². The van der Waals surface area contributed by atoms with E-state index in [1.165, 1.54) is 18.7 Å². The van der Waals surface area contributed by atoms with E-state index in [1.54, 1.807) is 19.9 Å². The van der Waals surface area contributed by atoms with E-state index < -0.39 is 11.9 Å². The van der Waals surface area contributed by atoms with E-state index in [-0.39, 0.29) is 40.9 Å². The van der Waals surface area contributed by atoms with Crippen LogP contribution in [-0.4, -0.2) is 44.8 Å². The molecule has 0 bridgehead atoms. The number of carbonyl (C=O) groups is 3. The van der Waals surface area contributed by atoms with Gasteiger partial charge in [0.1, 0.15) is 11.3 Å². The molecule has 3 rings (SSSR count). The van der Waals surface area contributed by atoms with Gasteiger partial charge in [-0.2, -0.15) is 0 Å². The molecule has 2 heterocycles. The molecule has 9 nitrogen and oxygen atoms in total. The lowest BCUT2D eigenvalue weighted by atomic mass is 10.1. The number of ketones is 1. The van der Waals surface area contributed by atoms with Crippen molar-refractivity contribution >= 4 is 35.3 Å². The number of hydrogen-bond donors (Lipinski definition) is 1. The fourth-order valence-electron chi connectivity index (χ4n) is 3.24. The first-order chi connectivity index (χ1) is 15.9. The highest BCUT2D eigenvalue weighted by Gasteiger charge is 2.29. The van der Waals surface area contributed by atoms with E-state index >= 15 is 0 Å². The number of Topliss-reactive ketones (excluding diaryl/α,β-unsaturated/α-hetero) is 1. The molecular formula is C23H24N4O5S. The second-order valence-corrected chi connectivity index (χ2v) is 7.86. The lowest BCUT2D eigenvalue weighted by molar-refractivity contribution is -0.113. The molecule has 0 spiro atoms. The first-order valence-corrected chi connectivity index (χ1v) is 11.2. The minimum atomic E-state index is -0.735. The SMILES string of the molecule is C=CCn1c(SCC(=O)Nc2oc(C)c(C(C)=O)c2C(=O)OCC)nnc1-c1ccccc1. The first-order valence-electron chi connectivity index (χ1n) is 10.2. The number of allylic oxidation sites excluding steroid dienone is 1. The van der Waals surface area contributed by atoms with Crippen molar-refractivity contribution in [2.24, 2.45) is 0 Å². The van der Waals surface area contributed by atoms with Crippen molar-refractivity contribution in [1.82, 2.24) is 14.8 Å². The number of ether oxygens (including phenoxy) is 1. The zero-order valence-electron chi connectivity index (χ0n) is 18.6. The van der Waals surface area contributed by atoms with Gasteiger partial charge in [0.15, 0.2) is 16.8 Å². The zero-order valence-corrected chi connectivity index (χ0v) is 19.4. The van der Waals surface area contributed by atoms with Crippen molar-refractivity contribution in [3.05, 3.63) is 59.9 Å². The molecule has 10 heteroatoms. The molecule has 0 atom stereocenters. The normalized spacial score (nSPS) is 10.6. The second kappa shape index (κ2) is 10.8. The Balaban J connectivity index is 1.78. The Morgan fingerprint density at radius 3 is 2.58 bits per heavy atom. The van der Waals surface area contributed by atoms with Crippen LogP contribution in [0.1, 0.15) is 40.3 Å². The van der Waals surface area contributed by atoms with Gasteiger partial charge in [0.2, 0.25) is 11.8 Å². The van der Waals surface area contributed by atoms with Crippen LogP contribution in [0.3, 0.4) is 0 Å². The summed E-state index contributed by atoms with van der Waals surface area (Å²) in [6.07, 6.45) is 1.72. The highest BCUT2D eigenvalue weighted by Crippen LogP contribution is 2.29. The number of thioether (sulfide) groups is 1. The van der Waals surface area contributed by atoms with Crippen molar-refractivity contribution in [2.75, 3.05) is 17.7 Å². The summed E-state index contributed by atoms with van der Waals surface area (Å²) in [5, 5.41) is 11.6. The molecule has 1 amide bonds. The summed E-state index contributed by atoms with van der Waals surface area (Å²) in [5.41, 5.74) is 0.904. The fourth-order valence-corrected chi connectivity index (χ4v) is 3.99. The van der Waals surface area contributed by atoms with E-state index in [2.05, 4.69) is 22.1 Å². The Morgan fingerprint density at radius 2 is 1.94 bits per heavy atom. The number of rotatable bonds is 10. The van der Waals surface area contributed by atoms with Gasteiger partial charge in [-0.05, 0) is 20.8 Å². The number of aromatic nitrogens is 3. The number of hydrogen-bond acceptors (Lipinski definition) is 8. The highest BCUT2D eigenvalue weighted by molar-refractivity contribution is 7.99. The van der Waals surface area contributed by atoms with Gasteiger partial charge in [0, 0.05) is 12.1 Å². The van der Waals surface area contributed by atoms with E-state index in [0.29, 0.717) is 17.5 Å². The number of amides is 1. The standard InChI is InChI=1S/C23H24N4O5S/c1-5-12-27-20(16-10-8-7-9-11-16)25-26-23(27)33-13-17(29)24-21-19(22(30)31-6-2)18(14(3)28)15(4)32-21/h5,7-11H,1,6,12-13H2,2-4H3,(H,24,29). The number of anilines is 1. The molecule has 0 fully saturated rings. The second-order valence-electron chi connectivity index (χ2n) is 6.92. The third-order valence-corrected chi connectivity index (χ3v) is 5.53. The molecule has 3 aromatic rings. The lowest BCUT2D eigenvalue weighted by Crippen LogP contribution is -2.18. The molecule has 0 saturated carbocycles. The van der Waals surface area contributed by atoms with Crippen LogP contribution in [0.4, 0.5) is 5.88 Å². The lowest BCUT2D eigenvalue weighted by Gasteiger charge is -2.08. The molecule has 1 aromatic carbocycles. The summed E-state index contributed by atoms with van der Waals surface area (Å²) < 4.78 is 12.4. The van der Waals surface area contributed by atoms with E-state index in [0.717, 1.165) is 5.56 Å². The van der Waals surface area contributed by atoms with Crippen molar-refractivity contribution in [3.63, 3.8) is 0 Å². The van der Waals surface area contributed by atoms with Crippen molar-refractivity contribution in [3.8, 4) is 11.4 Å². The van der Waals surface area contributed by atoms with Gasteiger partial charge < -0.3 is 9.15 Å². The molecule has 0 aliphatic carbocycles. The van der Waals surface area contributed by atoms with Crippen LogP contribution in [0.5, 0.6) is 0 Å². The highest BCUT2D eigenvalue weighted by atomic mass is 32.2. The van der Waals surface area contributed by atoms with Crippen LogP contribution in [0.25, 0.3) is 11.4 Å². The monoisotopic (exact) mass is 468 g/mol. The van der Waals surface area contributed by atoms with Gasteiger partial charge in [0.25, 0.3) is 0 Å². The Bertz CT molecular complexity index is 1180. The van der Waals surface area contributed by atoms with Crippen LogP contribution < -0.4 is 5.32 Å². The Morgan fingerprint density at radius 1 is 1.21 bits per heavy atom. The molecule has 33 heavy (non-hydrogen) atoms. The quantitative estimate of drug-likeness (QED) is 0.204. The third kappa shape index (κ3) is 5.40.